The maximum absolute atomic E-state index is 13.9. The van der Waals surface area contributed by atoms with Crippen LogP contribution in [0, 0.1) is 18.6 Å². The molecule has 1 N–H and O–H groups in total. The molecule has 19 heavy (non-hydrogen) atoms. The third kappa shape index (κ3) is 3.12. The maximum Gasteiger partial charge on any atom is 0.131 e. The summed E-state index contributed by atoms with van der Waals surface area (Å²) in [6.07, 6.45) is 3.23. The van der Waals surface area contributed by atoms with Crippen molar-refractivity contribution in [3.8, 4) is 0 Å². The highest BCUT2D eigenvalue weighted by Crippen LogP contribution is 2.23. The predicted octanol–water partition coefficient (Wildman–Crippen LogP) is 2.76. The number of nitrogens with zero attached hydrogens (tertiary/aromatic N) is 2. The van der Waals surface area contributed by atoms with E-state index in [4.69, 9.17) is 0 Å². The van der Waals surface area contributed by atoms with Crippen LogP contribution in [0.5, 0.6) is 0 Å². The maximum atomic E-state index is 13.9. The number of benzene rings is 1. The van der Waals surface area contributed by atoms with Crippen molar-refractivity contribution >= 4 is 0 Å². The first kappa shape index (κ1) is 13.5. The summed E-state index contributed by atoms with van der Waals surface area (Å²) in [4.78, 5) is 8.41. The Morgan fingerprint density at radius 2 is 2.00 bits per heavy atom. The van der Waals surface area contributed by atoms with E-state index in [0.29, 0.717) is 17.8 Å². The third-order valence-corrected chi connectivity index (χ3v) is 2.78. The van der Waals surface area contributed by atoms with E-state index in [1.165, 1.54) is 12.1 Å². The third-order valence-electron chi connectivity index (χ3n) is 2.78. The van der Waals surface area contributed by atoms with Crippen molar-refractivity contribution in [2.45, 2.75) is 19.9 Å². The average Bonchev–Trinajstić information content (AvgIpc) is 2.38. The second kappa shape index (κ2) is 5.84. The molecule has 0 aliphatic rings. The van der Waals surface area contributed by atoms with Crippen LogP contribution in [0.15, 0.2) is 30.6 Å². The predicted molar refractivity (Wildman–Crippen MR) is 68.6 cm³/mol. The number of hydrogen-bond acceptors (Lipinski definition) is 3. The van der Waals surface area contributed by atoms with Gasteiger partial charge in [-0.25, -0.2) is 8.78 Å². The fourth-order valence-corrected chi connectivity index (χ4v) is 1.87. The van der Waals surface area contributed by atoms with E-state index >= 15 is 0 Å². The molecule has 1 unspecified atom stereocenters. The quantitative estimate of drug-likeness (QED) is 0.921. The van der Waals surface area contributed by atoms with Crippen molar-refractivity contribution in [3.05, 3.63) is 59.2 Å². The van der Waals surface area contributed by atoms with Gasteiger partial charge in [0.2, 0.25) is 0 Å². The van der Waals surface area contributed by atoms with Gasteiger partial charge in [0, 0.05) is 17.8 Å². The van der Waals surface area contributed by atoms with Crippen molar-refractivity contribution in [1.29, 1.82) is 0 Å². The number of aryl methyl sites for hydroxylation is 1. The summed E-state index contributed by atoms with van der Waals surface area (Å²) in [5, 5.41) is 3.13. The van der Waals surface area contributed by atoms with Gasteiger partial charge in [-0.15, -0.1) is 0 Å². The highest BCUT2D eigenvalue weighted by molar-refractivity contribution is 5.28. The largest absolute Gasteiger partial charge is 0.305 e. The minimum Gasteiger partial charge on any atom is -0.305 e. The van der Waals surface area contributed by atoms with Crippen molar-refractivity contribution in [2.24, 2.45) is 0 Å². The normalized spacial score (nSPS) is 12.4. The number of halogens is 2. The molecule has 0 amide bonds. The Labute approximate surface area is 110 Å². The molecule has 0 spiro atoms. The zero-order chi connectivity index (χ0) is 13.8. The van der Waals surface area contributed by atoms with E-state index < -0.39 is 17.7 Å². The van der Waals surface area contributed by atoms with Crippen LogP contribution in [0.4, 0.5) is 8.78 Å². The molecule has 1 aromatic heterocycles. The SMILES string of the molecule is CCNC(c1cnc(C)cn1)c1ccc(F)cc1F. The molecule has 3 nitrogen and oxygen atoms in total. The Balaban J connectivity index is 2.41. The molecule has 1 atom stereocenters. The summed E-state index contributed by atoms with van der Waals surface area (Å²) in [5.41, 5.74) is 1.76. The molecule has 0 saturated heterocycles. The highest BCUT2D eigenvalue weighted by Gasteiger charge is 2.18. The van der Waals surface area contributed by atoms with Gasteiger partial charge in [0.1, 0.15) is 11.6 Å². The van der Waals surface area contributed by atoms with Gasteiger partial charge in [0.25, 0.3) is 0 Å². The number of nitrogens with one attached hydrogen (secondary N) is 1. The molecule has 0 bridgehead atoms. The second-order valence-electron chi connectivity index (χ2n) is 4.24. The van der Waals surface area contributed by atoms with Crippen molar-refractivity contribution in [3.63, 3.8) is 0 Å². The lowest BCUT2D eigenvalue weighted by Crippen LogP contribution is -2.24. The van der Waals surface area contributed by atoms with Crippen LogP contribution in [-0.2, 0) is 0 Å². The van der Waals surface area contributed by atoms with Gasteiger partial charge in [-0.1, -0.05) is 13.0 Å². The smallest absolute Gasteiger partial charge is 0.131 e. The molecule has 0 fully saturated rings. The highest BCUT2D eigenvalue weighted by atomic mass is 19.1. The van der Waals surface area contributed by atoms with Crippen LogP contribution < -0.4 is 5.32 Å². The fraction of sp³-hybridized carbons (Fsp3) is 0.286. The molecule has 5 heteroatoms. The first-order chi connectivity index (χ1) is 9.11. The zero-order valence-corrected chi connectivity index (χ0v) is 10.8. The number of hydrogen-bond donors (Lipinski definition) is 1. The van der Waals surface area contributed by atoms with Gasteiger partial charge in [0.05, 0.1) is 23.6 Å². The number of aromatic nitrogens is 2. The van der Waals surface area contributed by atoms with Gasteiger partial charge < -0.3 is 5.32 Å². The lowest BCUT2D eigenvalue weighted by molar-refractivity contribution is 0.535. The van der Waals surface area contributed by atoms with Crippen LogP contribution in [-0.4, -0.2) is 16.5 Å². The molecule has 1 aromatic carbocycles. The van der Waals surface area contributed by atoms with Crippen LogP contribution in [0.25, 0.3) is 0 Å². The second-order valence-corrected chi connectivity index (χ2v) is 4.24. The summed E-state index contributed by atoms with van der Waals surface area (Å²) in [6.45, 7) is 4.38. The molecule has 0 aliphatic heterocycles. The van der Waals surface area contributed by atoms with Crippen molar-refractivity contribution in [2.75, 3.05) is 6.54 Å². The Bertz CT molecular complexity index is 555. The molecule has 100 valence electrons. The van der Waals surface area contributed by atoms with Crippen molar-refractivity contribution < 1.29 is 8.78 Å². The Morgan fingerprint density at radius 1 is 1.21 bits per heavy atom. The summed E-state index contributed by atoms with van der Waals surface area (Å²) < 4.78 is 26.8. The molecule has 0 radical (unpaired) electrons. The van der Waals surface area contributed by atoms with Crippen LogP contribution in [0.2, 0.25) is 0 Å². The van der Waals surface area contributed by atoms with E-state index in [0.717, 1.165) is 11.8 Å². The fourth-order valence-electron chi connectivity index (χ4n) is 1.87. The first-order valence-electron chi connectivity index (χ1n) is 6.08. The van der Waals surface area contributed by atoms with E-state index in [1.807, 2.05) is 13.8 Å². The summed E-state index contributed by atoms with van der Waals surface area (Å²) in [7, 11) is 0. The van der Waals surface area contributed by atoms with Crippen molar-refractivity contribution in [1.82, 2.24) is 15.3 Å². The Kier molecular flexibility index (Phi) is 4.16. The van der Waals surface area contributed by atoms with Gasteiger partial charge in [0.15, 0.2) is 0 Å². The molecule has 2 aromatic rings. The Morgan fingerprint density at radius 3 is 2.58 bits per heavy atom. The summed E-state index contributed by atoms with van der Waals surface area (Å²) >= 11 is 0. The van der Waals surface area contributed by atoms with Gasteiger partial charge in [-0.3, -0.25) is 9.97 Å². The standard InChI is InChI=1S/C14H15F2N3/c1-3-17-14(13-8-18-9(2)7-19-13)11-5-4-10(15)6-12(11)16/h4-8,14,17H,3H2,1-2H3. The topological polar surface area (TPSA) is 37.8 Å². The van der Waals surface area contributed by atoms with Gasteiger partial charge in [-0.05, 0) is 19.5 Å². The van der Waals surface area contributed by atoms with Crippen LogP contribution >= 0.6 is 0 Å². The minimum absolute atomic E-state index is 0.362. The minimum atomic E-state index is -0.591. The van der Waals surface area contributed by atoms with E-state index in [9.17, 15) is 8.78 Å². The Hall–Kier alpha value is -1.88. The lowest BCUT2D eigenvalue weighted by Gasteiger charge is -2.18. The molecule has 0 aliphatic carbocycles. The first-order valence-corrected chi connectivity index (χ1v) is 6.08. The summed E-state index contributed by atoms with van der Waals surface area (Å²) in [6, 6.07) is 3.12. The lowest BCUT2D eigenvalue weighted by atomic mass is 10.0. The summed E-state index contributed by atoms with van der Waals surface area (Å²) in [5.74, 6) is -1.18. The van der Waals surface area contributed by atoms with Gasteiger partial charge >= 0.3 is 0 Å². The van der Waals surface area contributed by atoms with Gasteiger partial charge in [-0.2, -0.15) is 0 Å². The molecular weight excluding hydrogens is 248 g/mol. The van der Waals surface area contributed by atoms with Crippen LogP contribution in [0.1, 0.15) is 29.9 Å². The molecule has 2 rings (SSSR count). The van der Waals surface area contributed by atoms with E-state index in [-0.39, 0.29) is 0 Å². The molecular formula is C14H15F2N3. The van der Waals surface area contributed by atoms with E-state index in [2.05, 4.69) is 15.3 Å². The van der Waals surface area contributed by atoms with Crippen LogP contribution in [0.3, 0.4) is 0 Å². The van der Waals surface area contributed by atoms with E-state index in [1.54, 1.807) is 12.4 Å². The average molecular weight is 263 g/mol. The molecule has 0 saturated carbocycles. The molecule has 1 heterocycles. The monoisotopic (exact) mass is 263 g/mol. The zero-order valence-electron chi connectivity index (χ0n) is 10.8. The number of rotatable bonds is 4.